The molecule has 0 saturated carbocycles. The number of pyridine rings is 2. The van der Waals surface area contributed by atoms with E-state index in [1.807, 2.05) is 72.8 Å². The first-order valence-corrected chi connectivity index (χ1v) is 14.1. The molecule has 9 heteroatoms. The Morgan fingerprint density at radius 1 is 0.711 bits per heavy atom. The zero-order valence-electron chi connectivity index (χ0n) is 23.6. The van der Waals surface area contributed by atoms with Crippen molar-refractivity contribution in [3.8, 4) is 28.6 Å². The summed E-state index contributed by atoms with van der Waals surface area (Å²) in [5, 5.41) is 22.5. The number of rotatable bonds is 8. The van der Waals surface area contributed by atoms with Crippen molar-refractivity contribution in [2.24, 2.45) is 0 Å². The highest BCUT2D eigenvalue weighted by atomic mass is 16.5. The average molecular weight is 597 g/mol. The Morgan fingerprint density at radius 2 is 1.33 bits per heavy atom. The minimum absolute atomic E-state index is 0.0437. The second-order valence-electron chi connectivity index (χ2n) is 10.3. The number of aromatic nitrogens is 2. The van der Waals surface area contributed by atoms with Crippen molar-refractivity contribution in [3.05, 3.63) is 136 Å². The van der Waals surface area contributed by atoms with Crippen LogP contribution >= 0.6 is 0 Å². The van der Waals surface area contributed by atoms with Crippen molar-refractivity contribution < 1.29 is 28.9 Å². The predicted octanol–water partition coefficient (Wildman–Crippen LogP) is 7.12. The number of carbonyl (C=O) groups is 1. The molecule has 0 aliphatic carbocycles. The molecule has 0 fully saturated rings. The van der Waals surface area contributed by atoms with E-state index >= 15 is 0 Å². The Balaban J connectivity index is 1.27. The molecule has 4 aromatic carbocycles. The Kier molecular flexibility index (Phi) is 7.03. The van der Waals surface area contributed by atoms with Crippen molar-refractivity contribution in [2.75, 3.05) is 0 Å². The maximum absolute atomic E-state index is 13.0. The van der Waals surface area contributed by atoms with Gasteiger partial charge in [-0.15, -0.1) is 0 Å². The fraction of sp³-hybridized carbons (Fsp3) is 0.0556. The van der Waals surface area contributed by atoms with Gasteiger partial charge in [0.2, 0.25) is 11.2 Å². The van der Waals surface area contributed by atoms with Gasteiger partial charge in [0, 0.05) is 16.3 Å². The van der Waals surface area contributed by atoms with Gasteiger partial charge in [-0.25, -0.2) is 14.8 Å². The molecular formula is C36H24N2O7. The summed E-state index contributed by atoms with van der Waals surface area (Å²) in [5.41, 5.74) is 2.23. The Labute approximate surface area is 255 Å². The molecule has 220 valence electrons. The van der Waals surface area contributed by atoms with Crippen LogP contribution in [0.15, 0.2) is 118 Å². The topological polar surface area (TPSA) is 132 Å². The van der Waals surface area contributed by atoms with Gasteiger partial charge in [-0.1, -0.05) is 54.6 Å². The normalized spacial score (nSPS) is 11.2. The number of benzene rings is 4. The number of aromatic carboxylic acids is 1. The van der Waals surface area contributed by atoms with Gasteiger partial charge < -0.3 is 24.1 Å². The third-order valence-electron chi connectivity index (χ3n) is 7.39. The van der Waals surface area contributed by atoms with Crippen LogP contribution in [-0.4, -0.2) is 26.2 Å². The number of carboxylic acids is 1. The van der Waals surface area contributed by atoms with E-state index in [1.165, 1.54) is 18.2 Å². The number of aromatic hydroxyl groups is 1. The van der Waals surface area contributed by atoms with Crippen LogP contribution in [0, 0.1) is 0 Å². The summed E-state index contributed by atoms with van der Waals surface area (Å²) in [7, 11) is 0. The number of para-hydroxylation sites is 3. The van der Waals surface area contributed by atoms with Gasteiger partial charge in [-0.05, 0) is 54.6 Å². The van der Waals surface area contributed by atoms with Crippen LogP contribution in [0.3, 0.4) is 0 Å². The first-order chi connectivity index (χ1) is 21.9. The van der Waals surface area contributed by atoms with Crippen molar-refractivity contribution >= 4 is 38.7 Å². The highest BCUT2D eigenvalue weighted by Crippen LogP contribution is 2.38. The summed E-state index contributed by atoms with van der Waals surface area (Å²) in [5.74, 6) is -1.45. The van der Waals surface area contributed by atoms with Crippen LogP contribution in [0.4, 0.5) is 0 Å². The lowest BCUT2D eigenvalue weighted by Crippen LogP contribution is -2.06. The second-order valence-corrected chi connectivity index (χ2v) is 10.3. The van der Waals surface area contributed by atoms with Crippen LogP contribution in [-0.2, 0) is 13.2 Å². The van der Waals surface area contributed by atoms with E-state index < -0.39 is 17.1 Å². The molecule has 0 aliphatic heterocycles. The molecule has 3 aromatic heterocycles. The average Bonchev–Trinajstić information content (AvgIpc) is 3.07. The highest BCUT2D eigenvalue weighted by molar-refractivity contribution is 6.01. The predicted molar refractivity (Wildman–Crippen MR) is 169 cm³/mol. The van der Waals surface area contributed by atoms with Crippen molar-refractivity contribution in [2.45, 2.75) is 13.2 Å². The van der Waals surface area contributed by atoms with E-state index in [4.69, 9.17) is 13.9 Å². The number of nitrogens with zero attached hydrogens (tertiary/aromatic N) is 2. The SMILES string of the molecule is O=C(O)c1cccc2c(=O)c(O)c(-c3ccc(OCc4ccc5ccccc5n4)c(OCc4ccc5ccccc5n4)c3)oc12. The molecule has 0 radical (unpaired) electrons. The third kappa shape index (κ3) is 5.38. The molecule has 2 N–H and O–H groups in total. The van der Waals surface area contributed by atoms with Gasteiger partial charge in [-0.3, -0.25) is 4.79 Å². The summed E-state index contributed by atoms with van der Waals surface area (Å²) in [6.07, 6.45) is 0. The molecule has 0 unspecified atom stereocenters. The van der Waals surface area contributed by atoms with E-state index in [9.17, 15) is 19.8 Å². The van der Waals surface area contributed by atoms with Gasteiger partial charge in [0.15, 0.2) is 22.8 Å². The molecule has 0 saturated heterocycles. The lowest BCUT2D eigenvalue weighted by atomic mass is 10.1. The molecule has 7 rings (SSSR count). The molecular weight excluding hydrogens is 572 g/mol. The van der Waals surface area contributed by atoms with Gasteiger partial charge in [-0.2, -0.15) is 0 Å². The van der Waals surface area contributed by atoms with E-state index in [1.54, 1.807) is 18.2 Å². The maximum atomic E-state index is 13.0. The number of ether oxygens (including phenoxy) is 2. The molecule has 0 spiro atoms. The first kappa shape index (κ1) is 27.6. The number of fused-ring (bicyclic) bond motifs is 3. The zero-order chi connectivity index (χ0) is 30.9. The third-order valence-corrected chi connectivity index (χ3v) is 7.39. The summed E-state index contributed by atoms with van der Waals surface area (Å²) in [6.45, 7) is 0.239. The molecule has 7 aromatic rings. The maximum Gasteiger partial charge on any atom is 0.339 e. The summed E-state index contributed by atoms with van der Waals surface area (Å²) >= 11 is 0. The molecule has 9 nitrogen and oxygen atoms in total. The number of hydrogen-bond acceptors (Lipinski definition) is 8. The smallest absolute Gasteiger partial charge is 0.339 e. The monoisotopic (exact) mass is 596 g/mol. The van der Waals surface area contributed by atoms with Gasteiger partial charge in [0.25, 0.3) is 0 Å². The zero-order valence-corrected chi connectivity index (χ0v) is 23.6. The van der Waals surface area contributed by atoms with Crippen LogP contribution in [0.5, 0.6) is 17.2 Å². The van der Waals surface area contributed by atoms with Crippen LogP contribution < -0.4 is 14.9 Å². The van der Waals surface area contributed by atoms with E-state index in [0.29, 0.717) is 17.1 Å². The molecule has 0 bridgehead atoms. The Hall–Kier alpha value is -6.22. The number of carboxylic acid groups (broad SMARTS) is 1. The largest absolute Gasteiger partial charge is 0.502 e. The minimum Gasteiger partial charge on any atom is -0.502 e. The highest BCUT2D eigenvalue weighted by Gasteiger charge is 2.21. The lowest BCUT2D eigenvalue weighted by Gasteiger charge is -2.15. The minimum atomic E-state index is -1.27. The first-order valence-electron chi connectivity index (χ1n) is 14.1. The molecule has 3 heterocycles. The van der Waals surface area contributed by atoms with Crippen LogP contribution in [0.1, 0.15) is 21.7 Å². The van der Waals surface area contributed by atoms with Gasteiger partial charge >= 0.3 is 5.97 Å². The molecule has 45 heavy (non-hydrogen) atoms. The van der Waals surface area contributed by atoms with E-state index in [2.05, 4.69) is 9.97 Å². The molecule has 0 atom stereocenters. The standard InChI is InChI=1S/C36H24N2O7/c39-32-26-8-5-9-27(36(41)42)35(26)45-34(33(32)40)23-14-17-30(43-19-24-15-12-21-6-1-3-10-28(21)37-24)31(18-23)44-20-25-16-13-22-7-2-4-11-29(22)38-25/h1-18,40H,19-20H2,(H,41,42). The van der Waals surface area contributed by atoms with E-state index in [0.717, 1.165) is 21.8 Å². The Bertz CT molecular complexity index is 2310. The van der Waals surface area contributed by atoms with Gasteiger partial charge in [0.1, 0.15) is 18.8 Å². The van der Waals surface area contributed by atoms with Crippen LogP contribution in [0.25, 0.3) is 44.1 Å². The Morgan fingerprint density at radius 3 is 1.98 bits per heavy atom. The second kappa shape index (κ2) is 11.5. The summed E-state index contributed by atoms with van der Waals surface area (Å²) in [4.78, 5) is 34.2. The van der Waals surface area contributed by atoms with E-state index in [-0.39, 0.29) is 46.8 Å². The van der Waals surface area contributed by atoms with Crippen molar-refractivity contribution in [1.29, 1.82) is 0 Å². The number of hydrogen-bond donors (Lipinski definition) is 2. The summed E-state index contributed by atoms with van der Waals surface area (Å²) in [6, 6.07) is 32.2. The fourth-order valence-corrected chi connectivity index (χ4v) is 5.13. The van der Waals surface area contributed by atoms with Crippen LogP contribution in [0.2, 0.25) is 0 Å². The summed E-state index contributed by atoms with van der Waals surface area (Å²) < 4.78 is 18.2. The van der Waals surface area contributed by atoms with Gasteiger partial charge in [0.05, 0.1) is 27.8 Å². The quantitative estimate of drug-likeness (QED) is 0.188. The van der Waals surface area contributed by atoms with Crippen molar-refractivity contribution in [1.82, 2.24) is 9.97 Å². The molecule has 0 aliphatic rings. The van der Waals surface area contributed by atoms with Crippen molar-refractivity contribution in [3.63, 3.8) is 0 Å². The lowest BCUT2D eigenvalue weighted by molar-refractivity contribution is 0.0697. The fourth-order valence-electron chi connectivity index (χ4n) is 5.13. The molecule has 0 amide bonds.